The highest BCUT2D eigenvalue weighted by atomic mass is 19.2. The van der Waals surface area contributed by atoms with Gasteiger partial charge < -0.3 is 5.11 Å². The third kappa shape index (κ3) is 3.29. The minimum absolute atomic E-state index is 0.414. The van der Waals surface area contributed by atoms with Crippen LogP contribution in [0.25, 0.3) is 0 Å². The summed E-state index contributed by atoms with van der Waals surface area (Å²) in [6.07, 6.45) is 5.04. The molecular weight excluding hydrogens is 234 g/mol. The van der Waals surface area contributed by atoms with E-state index in [0.717, 1.165) is 38.2 Å². The van der Waals surface area contributed by atoms with Gasteiger partial charge in [-0.1, -0.05) is 25.8 Å². The summed E-state index contributed by atoms with van der Waals surface area (Å²) in [6, 6.07) is 3.89. The van der Waals surface area contributed by atoms with Crippen molar-refractivity contribution in [3.8, 4) is 0 Å². The van der Waals surface area contributed by atoms with Crippen LogP contribution in [0.5, 0.6) is 0 Å². The Kier molecular flexibility index (Phi) is 4.00. The molecule has 0 aliphatic heterocycles. The minimum Gasteiger partial charge on any atom is -0.390 e. The molecule has 1 nitrogen and oxygen atoms in total. The Labute approximate surface area is 107 Å². The first-order chi connectivity index (χ1) is 8.48. The van der Waals surface area contributed by atoms with Crippen LogP contribution >= 0.6 is 0 Å². The highest BCUT2D eigenvalue weighted by Gasteiger charge is 2.30. The molecule has 2 unspecified atom stereocenters. The third-order valence-electron chi connectivity index (χ3n) is 3.96. The molecule has 3 heteroatoms. The molecule has 0 spiro atoms. The molecule has 0 bridgehead atoms. The zero-order chi connectivity index (χ0) is 13.2. The molecule has 1 N–H and O–H groups in total. The fourth-order valence-corrected chi connectivity index (χ4v) is 2.77. The van der Waals surface area contributed by atoms with Crippen molar-refractivity contribution in [1.29, 1.82) is 0 Å². The largest absolute Gasteiger partial charge is 0.390 e. The second-order valence-corrected chi connectivity index (χ2v) is 5.69. The maximum atomic E-state index is 13.1. The van der Waals surface area contributed by atoms with Crippen molar-refractivity contribution >= 4 is 0 Å². The van der Waals surface area contributed by atoms with Gasteiger partial charge in [0.15, 0.2) is 11.6 Å². The van der Waals surface area contributed by atoms with E-state index in [9.17, 15) is 13.9 Å². The number of rotatable bonds is 2. The average molecular weight is 254 g/mol. The van der Waals surface area contributed by atoms with E-state index >= 15 is 0 Å². The highest BCUT2D eigenvalue weighted by molar-refractivity contribution is 5.19. The molecule has 1 aliphatic carbocycles. The third-order valence-corrected chi connectivity index (χ3v) is 3.96. The molecule has 0 saturated heterocycles. The molecular formula is C15H20F2O. The van der Waals surface area contributed by atoms with Gasteiger partial charge in [-0.25, -0.2) is 8.78 Å². The summed E-state index contributed by atoms with van der Waals surface area (Å²) >= 11 is 0. The summed E-state index contributed by atoms with van der Waals surface area (Å²) < 4.78 is 26.0. The molecule has 0 heterocycles. The summed E-state index contributed by atoms with van der Waals surface area (Å²) in [5.41, 5.74) is -0.0828. The van der Waals surface area contributed by atoms with Crippen molar-refractivity contribution < 1.29 is 13.9 Å². The lowest BCUT2D eigenvalue weighted by Gasteiger charge is -2.26. The Hall–Kier alpha value is -0.960. The zero-order valence-corrected chi connectivity index (χ0v) is 10.8. The van der Waals surface area contributed by atoms with E-state index in [1.165, 1.54) is 6.07 Å². The van der Waals surface area contributed by atoms with Gasteiger partial charge >= 0.3 is 0 Å². The summed E-state index contributed by atoms with van der Waals surface area (Å²) in [6.45, 7) is 2.20. The van der Waals surface area contributed by atoms with Crippen molar-refractivity contribution in [3.63, 3.8) is 0 Å². The first-order valence-electron chi connectivity index (χ1n) is 6.65. The normalized spacial score (nSPS) is 29.0. The van der Waals surface area contributed by atoms with Crippen LogP contribution in [0.1, 0.15) is 44.6 Å². The molecule has 2 rings (SSSR count). The van der Waals surface area contributed by atoms with E-state index < -0.39 is 17.2 Å². The Morgan fingerprint density at radius 2 is 2.00 bits per heavy atom. The number of hydrogen-bond acceptors (Lipinski definition) is 1. The van der Waals surface area contributed by atoms with Gasteiger partial charge in [-0.2, -0.15) is 0 Å². The number of hydrogen-bond donors (Lipinski definition) is 1. The SMILES string of the molecule is CC1CCCC(O)(Cc2ccc(F)c(F)c2)CC1. The van der Waals surface area contributed by atoms with Gasteiger partial charge in [0.25, 0.3) is 0 Å². The fourth-order valence-electron chi connectivity index (χ4n) is 2.77. The van der Waals surface area contributed by atoms with Crippen LogP contribution in [0.3, 0.4) is 0 Å². The molecule has 1 aliphatic rings. The van der Waals surface area contributed by atoms with Crippen LogP contribution < -0.4 is 0 Å². The second-order valence-electron chi connectivity index (χ2n) is 5.69. The van der Waals surface area contributed by atoms with Crippen LogP contribution in [0.15, 0.2) is 18.2 Å². The summed E-state index contributed by atoms with van der Waals surface area (Å²) in [5.74, 6) is -1.03. The van der Waals surface area contributed by atoms with Crippen LogP contribution in [0.4, 0.5) is 8.78 Å². The quantitative estimate of drug-likeness (QED) is 0.795. The van der Waals surface area contributed by atoms with Gasteiger partial charge in [0.2, 0.25) is 0 Å². The molecule has 0 aromatic heterocycles. The van der Waals surface area contributed by atoms with Crippen LogP contribution in [0.2, 0.25) is 0 Å². The van der Waals surface area contributed by atoms with Gasteiger partial charge in [-0.15, -0.1) is 0 Å². The second kappa shape index (κ2) is 5.35. The molecule has 0 amide bonds. The lowest BCUT2D eigenvalue weighted by molar-refractivity contribution is 0.0243. The van der Waals surface area contributed by atoms with E-state index in [1.54, 1.807) is 6.07 Å². The van der Waals surface area contributed by atoms with E-state index in [4.69, 9.17) is 0 Å². The van der Waals surface area contributed by atoms with Crippen molar-refractivity contribution in [2.24, 2.45) is 5.92 Å². The molecule has 0 radical (unpaired) electrons. The Balaban J connectivity index is 2.09. The van der Waals surface area contributed by atoms with E-state index in [2.05, 4.69) is 6.92 Å². The Bertz CT molecular complexity index is 419. The highest BCUT2D eigenvalue weighted by Crippen LogP contribution is 2.32. The van der Waals surface area contributed by atoms with Crippen LogP contribution in [-0.2, 0) is 6.42 Å². The summed E-state index contributed by atoms with van der Waals surface area (Å²) in [4.78, 5) is 0. The molecule has 1 aromatic carbocycles. The number of benzene rings is 1. The van der Waals surface area contributed by atoms with Gasteiger partial charge in [0, 0.05) is 6.42 Å². The minimum atomic E-state index is -0.835. The topological polar surface area (TPSA) is 20.2 Å². The molecule has 18 heavy (non-hydrogen) atoms. The predicted octanol–water partition coefficient (Wildman–Crippen LogP) is 3.84. The summed E-state index contributed by atoms with van der Waals surface area (Å²) in [5, 5.41) is 10.6. The van der Waals surface area contributed by atoms with Gasteiger partial charge in [0.05, 0.1) is 5.60 Å². The average Bonchev–Trinajstić information content (AvgIpc) is 2.47. The predicted molar refractivity (Wildman–Crippen MR) is 67.3 cm³/mol. The van der Waals surface area contributed by atoms with Crippen LogP contribution in [0, 0.1) is 17.6 Å². The fraction of sp³-hybridized carbons (Fsp3) is 0.600. The molecule has 100 valence electrons. The first-order valence-corrected chi connectivity index (χ1v) is 6.65. The smallest absolute Gasteiger partial charge is 0.159 e. The van der Waals surface area contributed by atoms with Gasteiger partial charge in [-0.05, 0) is 42.9 Å². The lowest BCUT2D eigenvalue weighted by Crippen LogP contribution is -2.30. The maximum absolute atomic E-state index is 13.1. The molecule has 1 aromatic rings. The number of aliphatic hydroxyl groups is 1. The van der Waals surface area contributed by atoms with E-state index in [-0.39, 0.29) is 0 Å². The first kappa shape index (κ1) is 13.5. The van der Waals surface area contributed by atoms with Gasteiger partial charge in [-0.3, -0.25) is 0 Å². The van der Waals surface area contributed by atoms with Crippen molar-refractivity contribution in [1.82, 2.24) is 0 Å². The van der Waals surface area contributed by atoms with Gasteiger partial charge in [0.1, 0.15) is 0 Å². The van der Waals surface area contributed by atoms with Crippen LogP contribution in [-0.4, -0.2) is 10.7 Å². The Morgan fingerprint density at radius 1 is 1.22 bits per heavy atom. The standard InChI is InChI=1S/C15H20F2O/c1-11-3-2-7-15(18,8-6-11)10-12-4-5-13(16)14(17)9-12/h4-5,9,11,18H,2-3,6-8,10H2,1H3. The maximum Gasteiger partial charge on any atom is 0.159 e. The lowest BCUT2D eigenvalue weighted by atomic mass is 9.87. The Morgan fingerprint density at radius 3 is 2.72 bits per heavy atom. The molecule has 1 fully saturated rings. The van der Waals surface area contributed by atoms with Crippen molar-refractivity contribution in [2.45, 2.75) is 51.0 Å². The number of halogens is 2. The zero-order valence-electron chi connectivity index (χ0n) is 10.8. The van der Waals surface area contributed by atoms with E-state index in [0.29, 0.717) is 17.9 Å². The van der Waals surface area contributed by atoms with Crippen molar-refractivity contribution in [3.05, 3.63) is 35.4 Å². The van der Waals surface area contributed by atoms with Crippen molar-refractivity contribution in [2.75, 3.05) is 0 Å². The summed E-state index contributed by atoms with van der Waals surface area (Å²) in [7, 11) is 0. The van der Waals surface area contributed by atoms with E-state index in [1.807, 2.05) is 0 Å². The monoisotopic (exact) mass is 254 g/mol. The molecule has 1 saturated carbocycles. The molecule has 2 atom stereocenters.